The van der Waals surface area contributed by atoms with Crippen molar-refractivity contribution in [3.8, 4) is 11.4 Å². The first-order valence-corrected chi connectivity index (χ1v) is 9.70. The second-order valence-corrected chi connectivity index (χ2v) is 7.45. The number of ether oxygens (including phenoxy) is 1. The summed E-state index contributed by atoms with van der Waals surface area (Å²) in [6, 6.07) is 14.7. The highest BCUT2D eigenvalue weighted by atomic mass is 79.9. The Morgan fingerprint density at radius 1 is 1.21 bits per heavy atom. The van der Waals surface area contributed by atoms with Crippen LogP contribution >= 0.6 is 27.5 Å². The second kappa shape index (κ2) is 8.63. The SMILES string of the molecule is COc1ccc(Cl)cc1-n1c(C)cc(/C=N/NC(=O)c2ccccc2Br)c1C. The Morgan fingerprint density at radius 2 is 1.96 bits per heavy atom. The van der Waals surface area contributed by atoms with E-state index in [1.807, 2.05) is 48.7 Å². The molecule has 144 valence electrons. The molecule has 0 atom stereocenters. The normalized spacial score (nSPS) is 11.0. The van der Waals surface area contributed by atoms with Gasteiger partial charge in [0.05, 0.1) is 24.6 Å². The van der Waals surface area contributed by atoms with Crippen LogP contribution in [0.2, 0.25) is 5.02 Å². The van der Waals surface area contributed by atoms with Crippen LogP contribution < -0.4 is 10.2 Å². The third kappa shape index (κ3) is 4.13. The lowest BCUT2D eigenvalue weighted by atomic mass is 10.2. The third-order valence-electron chi connectivity index (χ3n) is 4.34. The van der Waals surface area contributed by atoms with Crippen LogP contribution in [0.4, 0.5) is 0 Å². The summed E-state index contributed by atoms with van der Waals surface area (Å²) >= 11 is 9.54. The second-order valence-electron chi connectivity index (χ2n) is 6.16. The van der Waals surface area contributed by atoms with Gasteiger partial charge in [0.2, 0.25) is 0 Å². The molecule has 2 aromatic carbocycles. The Balaban J connectivity index is 1.87. The van der Waals surface area contributed by atoms with Gasteiger partial charge >= 0.3 is 0 Å². The fraction of sp³-hybridized carbons (Fsp3) is 0.143. The molecule has 1 N–H and O–H groups in total. The third-order valence-corrected chi connectivity index (χ3v) is 5.27. The number of nitrogens with one attached hydrogen (secondary N) is 1. The molecule has 3 aromatic rings. The van der Waals surface area contributed by atoms with E-state index < -0.39 is 0 Å². The van der Waals surface area contributed by atoms with Gasteiger partial charge in [0.15, 0.2) is 0 Å². The highest BCUT2D eigenvalue weighted by Crippen LogP contribution is 2.30. The number of hydrogen-bond donors (Lipinski definition) is 1. The minimum atomic E-state index is -0.283. The molecule has 5 nitrogen and oxygen atoms in total. The summed E-state index contributed by atoms with van der Waals surface area (Å²) in [5.74, 6) is 0.436. The van der Waals surface area contributed by atoms with Gasteiger partial charge in [-0.1, -0.05) is 23.7 Å². The van der Waals surface area contributed by atoms with Gasteiger partial charge in [-0.05, 0) is 66.2 Å². The quantitative estimate of drug-likeness (QED) is 0.416. The average molecular weight is 461 g/mol. The lowest BCUT2D eigenvalue weighted by molar-refractivity contribution is 0.0954. The van der Waals surface area contributed by atoms with E-state index in [9.17, 15) is 4.79 Å². The molecule has 0 aliphatic heterocycles. The standard InChI is InChI=1S/C21H19BrClN3O2/c1-13-10-15(12-24-25-21(27)17-6-4-5-7-18(17)22)14(2)26(13)19-11-16(23)8-9-20(19)28-3/h4-12H,1-3H3,(H,25,27)/b24-12+. The van der Waals surface area contributed by atoms with Gasteiger partial charge in [0, 0.05) is 26.4 Å². The molecule has 3 rings (SSSR count). The number of hydrazone groups is 1. The molecule has 7 heteroatoms. The number of hydrogen-bond acceptors (Lipinski definition) is 3. The lowest BCUT2D eigenvalue weighted by Crippen LogP contribution is -2.18. The monoisotopic (exact) mass is 459 g/mol. The molecule has 0 radical (unpaired) electrons. The van der Waals surface area contributed by atoms with Crippen LogP contribution in [-0.2, 0) is 0 Å². The number of benzene rings is 2. The Kier molecular flexibility index (Phi) is 6.21. The van der Waals surface area contributed by atoms with Crippen LogP contribution in [0.1, 0.15) is 27.3 Å². The molecule has 1 heterocycles. The van der Waals surface area contributed by atoms with Crippen molar-refractivity contribution in [1.82, 2.24) is 9.99 Å². The van der Waals surface area contributed by atoms with Gasteiger partial charge in [-0.15, -0.1) is 0 Å². The van der Waals surface area contributed by atoms with Crippen molar-refractivity contribution in [2.75, 3.05) is 7.11 Å². The predicted molar refractivity (Wildman–Crippen MR) is 116 cm³/mol. The molecule has 0 unspecified atom stereocenters. The molecule has 28 heavy (non-hydrogen) atoms. The van der Waals surface area contributed by atoms with Gasteiger partial charge in [-0.25, -0.2) is 5.43 Å². The van der Waals surface area contributed by atoms with E-state index in [0.29, 0.717) is 15.1 Å². The number of carbonyl (C=O) groups excluding carboxylic acids is 1. The van der Waals surface area contributed by atoms with E-state index in [1.54, 1.807) is 31.5 Å². The number of halogens is 2. The molecule has 0 spiro atoms. The van der Waals surface area contributed by atoms with Gasteiger partial charge in [-0.2, -0.15) is 5.10 Å². The topological polar surface area (TPSA) is 55.6 Å². The first-order chi connectivity index (χ1) is 13.4. The van der Waals surface area contributed by atoms with E-state index >= 15 is 0 Å². The van der Waals surface area contributed by atoms with E-state index in [2.05, 4.69) is 26.5 Å². The maximum absolute atomic E-state index is 12.3. The molecule has 1 aromatic heterocycles. The maximum Gasteiger partial charge on any atom is 0.272 e. The number of carbonyl (C=O) groups is 1. The molecular weight excluding hydrogens is 442 g/mol. The van der Waals surface area contributed by atoms with Crippen molar-refractivity contribution >= 4 is 39.7 Å². The first-order valence-electron chi connectivity index (χ1n) is 8.53. The summed E-state index contributed by atoms with van der Waals surface area (Å²) in [4.78, 5) is 12.3. The molecule has 0 aliphatic carbocycles. The van der Waals surface area contributed by atoms with E-state index in [0.717, 1.165) is 28.4 Å². The largest absolute Gasteiger partial charge is 0.495 e. The Hall–Kier alpha value is -2.57. The van der Waals surface area contributed by atoms with Crippen LogP contribution in [0.3, 0.4) is 0 Å². The molecule has 0 aliphatic rings. The molecule has 0 saturated heterocycles. The van der Waals surface area contributed by atoms with Crippen molar-refractivity contribution in [2.45, 2.75) is 13.8 Å². The molecular formula is C21H19BrClN3O2. The molecule has 0 saturated carbocycles. The summed E-state index contributed by atoms with van der Waals surface area (Å²) in [5.41, 5.74) is 6.77. The fourth-order valence-corrected chi connectivity index (χ4v) is 3.62. The van der Waals surface area contributed by atoms with Gasteiger partial charge in [0.25, 0.3) is 5.91 Å². The number of aryl methyl sites for hydroxylation is 1. The van der Waals surface area contributed by atoms with Crippen LogP contribution in [0, 0.1) is 13.8 Å². The zero-order chi connectivity index (χ0) is 20.3. The lowest BCUT2D eigenvalue weighted by Gasteiger charge is -2.14. The summed E-state index contributed by atoms with van der Waals surface area (Å²) in [6.07, 6.45) is 1.63. The highest BCUT2D eigenvalue weighted by molar-refractivity contribution is 9.10. The summed E-state index contributed by atoms with van der Waals surface area (Å²) in [7, 11) is 1.63. The number of methoxy groups -OCH3 is 1. The molecule has 0 bridgehead atoms. The maximum atomic E-state index is 12.3. The summed E-state index contributed by atoms with van der Waals surface area (Å²) in [5, 5.41) is 4.74. The first kappa shape index (κ1) is 20.2. The average Bonchev–Trinajstić information content (AvgIpc) is 2.95. The molecule has 1 amide bonds. The van der Waals surface area contributed by atoms with Gasteiger partial charge in [0.1, 0.15) is 5.75 Å². The zero-order valence-corrected chi connectivity index (χ0v) is 18.0. The summed E-state index contributed by atoms with van der Waals surface area (Å²) in [6.45, 7) is 3.97. The van der Waals surface area contributed by atoms with Crippen molar-refractivity contribution in [2.24, 2.45) is 5.10 Å². The minimum Gasteiger partial charge on any atom is -0.495 e. The van der Waals surface area contributed by atoms with Gasteiger partial charge < -0.3 is 9.30 Å². The van der Waals surface area contributed by atoms with Crippen molar-refractivity contribution < 1.29 is 9.53 Å². The van der Waals surface area contributed by atoms with Crippen LogP contribution in [0.25, 0.3) is 5.69 Å². The Labute approximate surface area is 177 Å². The Bertz CT molecular complexity index is 1060. The van der Waals surface area contributed by atoms with Gasteiger partial charge in [-0.3, -0.25) is 4.79 Å². The van der Waals surface area contributed by atoms with Crippen molar-refractivity contribution in [3.63, 3.8) is 0 Å². The smallest absolute Gasteiger partial charge is 0.272 e. The molecule has 0 fully saturated rings. The van der Waals surface area contributed by atoms with Crippen LogP contribution in [-0.4, -0.2) is 23.8 Å². The highest BCUT2D eigenvalue weighted by Gasteiger charge is 2.14. The van der Waals surface area contributed by atoms with Crippen LogP contribution in [0.15, 0.2) is 58.1 Å². The zero-order valence-electron chi connectivity index (χ0n) is 15.7. The van der Waals surface area contributed by atoms with E-state index in [4.69, 9.17) is 16.3 Å². The Morgan fingerprint density at radius 3 is 2.68 bits per heavy atom. The number of nitrogens with zero attached hydrogens (tertiary/aromatic N) is 2. The summed E-state index contributed by atoms with van der Waals surface area (Å²) < 4.78 is 8.23. The number of aromatic nitrogens is 1. The fourth-order valence-electron chi connectivity index (χ4n) is 2.99. The van der Waals surface area contributed by atoms with Crippen molar-refractivity contribution in [1.29, 1.82) is 0 Å². The van der Waals surface area contributed by atoms with Crippen molar-refractivity contribution in [3.05, 3.63) is 80.5 Å². The van der Waals surface area contributed by atoms with E-state index in [1.165, 1.54) is 0 Å². The number of amides is 1. The number of rotatable bonds is 5. The van der Waals surface area contributed by atoms with Crippen LogP contribution in [0.5, 0.6) is 5.75 Å². The predicted octanol–water partition coefficient (Wildman–Crippen LogP) is 5.28. The van der Waals surface area contributed by atoms with E-state index in [-0.39, 0.29) is 5.91 Å². The minimum absolute atomic E-state index is 0.283.